The highest BCUT2D eigenvalue weighted by Gasteiger charge is 2.04. The van der Waals surface area contributed by atoms with Crippen LogP contribution >= 0.6 is 0 Å². The number of hydrogen-bond acceptors (Lipinski definition) is 2. The number of hydrogen-bond donors (Lipinski definition) is 0. The zero-order chi connectivity index (χ0) is 12.6. The van der Waals surface area contributed by atoms with Crippen molar-refractivity contribution in [3.8, 4) is 0 Å². The lowest BCUT2D eigenvalue weighted by atomic mass is 10.1. The fourth-order valence-electron chi connectivity index (χ4n) is 1.90. The summed E-state index contributed by atoms with van der Waals surface area (Å²) in [5.41, 5.74) is 2.51. The summed E-state index contributed by atoms with van der Waals surface area (Å²) in [7, 11) is 1.74. The molecule has 94 valence electrons. The first kappa shape index (κ1) is 12.8. The maximum atomic E-state index is 5.25. The smallest absolute Gasteiger partial charge is 0.0790 e. The minimum Gasteiger partial charge on any atom is -0.377 e. The van der Waals surface area contributed by atoms with Crippen LogP contribution in [0, 0.1) is 0 Å². The van der Waals surface area contributed by atoms with Gasteiger partial charge in [0.05, 0.1) is 6.10 Å². The normalized spacial score (nSPS) is 19.2. The first-order valence-electron chi connectivity index (χ1n) is 6.33. The fraction of sp³-hybridized carbons (Fsp3) is 0.312. The third-order valence-corrected chi connectivity index (χ3v) is 3.00. The molecule has 2 rings (SSSR count). The van der Waals surface area contributed by atoms with E-state index in [0.717, 1.165) is 19.4 Å². The van der Waals surface area contributed by atoms with Crippen molar-refractivity contribution in [3.63, 3.8) is 0 Å². The van der Waals surface area contributed by atoms with E-state index in [-0.39, 0.29) is 6.10 Å². The summed E-state index contributed by atoms with van der Waals surface area (Å²) in [5.74, 6) is 0. The highest BCUT2D eigenvalue weighted by atomic mass is 16.5. The van der Waals surface area contributed by atoms with E-state index in [9.17, 15) is 0 Å². The van der Waals surface area contributed by atoms with Crippen LogP contribution in [0.4, 0.5) is 0 Å². The van der Waals surface area contributed by atoms with Gasteiger partial charge in [-0.3, -0.25) is 4.99 Å². The Morgan fingerprint density at radius 1 is 1.33 bits per heavy atom. The Morgan fingerprint density at radius 3 is 2.83 bits per heavy atom. The molecule has 1 aromatic carbocycles. The van der Waals surface area contributed by atoms with Crippen molar-refractivity contribution < 1.29 is 4.74 Å². The molecule has 0 saturated heterocycles. The molecule has 0 bridgehead atoms. The van der Waals surface area contributed by atoms with Crippen LogP contribution in [0.15, 0.2) is 59.1 Å². The van der Waals surface area contributed by atoms with Crippen LogP contribution in [-0.4, -0.2) is 26.0 Å². The molecule has 0 aliphatic heterocycles. The van der Waals surface area contributed by atoms with Crippen molar-refractivity contribution in [1.82, 2.24) is 0 Å². The van der Waals surface area contributed by atoms with Crippen LogP contribution in [0.3, 0.4) is 0 Å². The molecule has 0 saturated carbocycles. The molecule has 1 aliphatic rings. The van der Waals surface area contributed by atoms with Gasteiger partial charge in [0.15, 0.2) is 0 Å². The van der Waals surface area contributed by atoms with Gasteiger partial charge in [0.1, 0.15) is 0 Å². The van der Waals surface area contributed by atoms with Gasteiger partial charge < -0.3 is 4.74 Å². The second-order valence-corrected chi connectivity index (χ2v) is 4.34. The van der Waals surface area contributed by atoms with E-state index in [2.05, 4.69) is 47.5 Å². The molecule has 2 heteroatoms. The molecule has 0 radical (unpaired) electrons. The van der Waals surface area contributed by atoms with Gasteiger partial charge >= 0.3 is 0 Å². The molecule has 1 atom stereocenters. The summed E-state index contributed by atoms with van der Waals surface area (Å²) in [4.78, 5) is 4.46. The van der Waals surface area contributed by atoms with Crippen LogP contribution in [0.2, 0.25) is 0 Å². The molecule has 2 nitrogen and oxygen atoms in total. The Kier molecular flexibility index (Phi) is 4.91. The minimum absolute atomic E-state index is 0.228. The third-order valence-electron chi connectivity index (χ3n) is 3.00. The maximum absolute atomic E-state index is 5.25. The van der Waals surface area contributed by atoms with Crippen LogP contribution in [0.25, 0.3) is 0 Å². The lowest BCUT2D eigenvalue weighted by Crippen LogP contribution is -2.08. The number of methoxy groups -OCH3 is 1. The van der Waals surface area contributed by atoms with Crippen molar-refractivity contribution in [2.45, 2.75) is 18.9 Å². The van der Waals surface area contributed by atoms with Crippen molar-refractivity contribution in [1.29, 1.82) is 0 Å². The second kappa shape index (κ2) is 6.92. The molecular weight excluding hydrogens is 222 g/mol. The average molecular weight is 241 g/mol. The summed E-state index contributed by atoms with van der Waals surface area (Å²) < 4.78 is 5.25. The van der Waals surface area contributed by atoms with Gasteiger partial charge in [0.25, 0.3) is 0 Å². The van der Waals surface area contributed by atoms with E-state index in [1.165, 1.54) is 11.1 Å². The van der Waals surface area contributed by atoms with Crippen molar-refractivity contribution in [2.24, 2.45) is 4.99 Å². The van der Waals surface area contributed by atoms with E-state index in [1.807, 2.05) is 12.3 Å². The minimum atomic E-state index is 0.228. The maximum Gasteiger partial charge on any atom is 0.0790 e. The second-order valence-electron chi connectivity index (χ2n) is 4.34. The molecular formula is C16H19NO. The number of aliphatic imine (C=N–C) groups is 1. The van der Waals surface area contributed by atoms with Crippen LogP contribution in [0.5, 0.6) is 0 Å². The Labute approximate surface area is 109 Å². The first-order chi connectivity index (χ1) is 8.88. The number of nitrogens with zero attached hydrogens (tertiary/aromatic N) is 1. The summed E-state index contributed by atoms with van der Waals surface area (Å²) >= 11 is 0. The molecule has 0 aromatic heterocycles. The SMILES string of the molecule is COC1C=CC(C=NCCc2ccccc2)=CC1. The Balaban J connectivity index is 1.76. The van der Waals surface area contributed by atoms with Gasteiger partial charge in [-0.25, -0.2) is 0 Å². The van der Waals surface area contributed by atoms with Crippen molar-refractivity contribution in [2.75, 3.05) is 13.7 Å². The molecule has 0 heterocycles. The molecule has 1 unspecified atom stereocenters. The largest absolute Gasteiger partial charge is 0.377 e. The highest BCUT2D eigenvalue weighted by Crippen LogP contribution is 2.11. The topological polar surface area (TPSA) is 21.6 Å². The molecule has 1 aromatic rings. The molecule has 18 heavy (non-hydrogen) atoms. The van der Waals surface area contributed by atoms with E-state index in [4.69, 9.17) is 4.74 Å². The molecule has 0 spiro atoms. The quantitative estimate of drug-likeness (QED) is 0.725. The number of allylic oxidation sites excluding steroid dienone is 2. The van der Waals surface area contributed by atoms with E-state index < -0.39 is 0 Å². The number of benzene rings is 1. The predicted molar refractivity (Wildman–Crippen MR) is 76.1 cm³/mol. The van der Waals surface area contributed by atoms with Gasteiger partial charge in [-0.05, 0) is 24.0 Å². The third kappa shape index (κ3) is 3.97. The van der Waals surface area contributed by atoms with Gasteiger partial charge in [0, 0.05) is 19.9 Å². The van der Waals surface area contributed by atoms with E-state index in [1.54, 1.807) is 7.11 Å². The Morgan fingerprint density at radius 2 is 2.17 bits per heavy atom. The van der Waals surface area contributed by atoms with Crippen LogP contribution in [-0.2, 0) is 11.2 Å². The monoisotopic (exact) mass is 241 g/mol. The highest BCUT2D eigenvalue weighted by molar-refractivity contribution is 5.82. The summed E-state index contributed by atoms with van der Waals surface area (Å²) in [5, 5.41) is 0. The number of rotatable bonds is 5. The summed E-state index contributed by atoms with van der Waals surface area (Å²) in [6.45, 7) is 0.836. The predicted octanol–water partition coefficient (Wildman–Crippen LogP) is 3.20. The van der Waals surface area contributed by atoms with E-state index in [0.29, 0.717) is 0 Å². The molecule has 0 amide bonds. The molecule has 1 aliphatic carbocycles. The van der Waals surface area contributed by atoms with Gasteiger partial charge in [-0.1, -0.05) is 48.6 Å². The van der Waals surface area contributed by atoms with Crippen LogP contribution < -0.4 is 0 Å². The van der Waals surface area contributed by atoms with Crippen molar-refractivity contribution >= 4 is 6.21 Å². The summed E-state index contributed by atoms with van der Waals surface area (Å²) in [6.07, 6.45) is 10.4. The Hall–Kier alpha value is -1.67. The van der Waals surface area contributed by atoms with Crippen LogP contribution in [0.1, 0.15) is 12.0 Å². The number of ether oxygens (including phenoxy) is 1. The first-order valence-corrected chi connectivity index (χ1v) is 6.33. The van der Waals surface area contributed by atoms with E-state index >= 15 is 0 Å². The molecule has 0 fully saturated rings. The molecule has 0 N–H and O–H groups in total. The lowest BCUT2D eigenvalue weighted by Gasteiger charge is -2.12. The average Bonchev–Trinajstić information content (AvgIpc) is 2.45. The zero-order valence-electron chi connectivity index (χ0n) is 10.8. The zero-order valence-corrected chi connectivity index (χ0v) is 10.8. The lowest BCUT2D eigenvalue weighted by molar-refractivity contribution is 0.142. The standard InChI is InChI=1S/C16H19NO/c1-18-16-9-7-15(8-10-16)13-17-12-11-14-5-3-2-4-6-14/h2-9,13,16H,10-12H2,1H3. The summed E-state index contributed by atoms with van der Waals surface area (Å²) in [6, 6.07) is 10.4. The Bertz CT molecular complexity index is 445. The van der Waals surface area contributed by atoms with Gasteiger partial charge in [0.2, 0.25) is 0 Å². The van der Waals surface area contributed by atoms with Gasteiger partial charge in [-0.2, -0.15) is 0 Å². The van der Waals surface area contributed by atoms with Crippen molar-refractivity contribution in [3.05, 3.63) is 59.7 Å². The van der Waals surface area contributed by atoms with Gasteiger partial charge in [-0.15, -0.1) is 0 Å². The fourth-order valence-corrected chi connectivity index (χ4v) is 1.90.